The van der Waals surface area contributed by atoms with E-state index in [-0.39, 0.29) is 0 Å². The van der Waals surface area contributed by atoms with Crippen molar-refractivity contribution in [2.45, 2.75) is 51.0 Å². The SMILES string of the molecule is COc1ccc(C)cc1C1CCCCC(N)C1. The average molecular weight is 233 g/mol. The predicted octanol–water partition coefficient (Wildman–Crippen LogP) is 3.38. The molecule has 2 unspecified atom stereocenters. The molecule has 1 aromatic carbocycles. The summed E-state index contributed by atoms with van der Waals surface area (Å²) in [4.78, 5) is 0. The Labute approximate surface area is 104 Å². The van der Waals surface area contributed by atoms with Gasteiger partial charge in [0, 0.05) is 6.04 Å². The molecule has 2 atom stereocenters. The number of nitrogens with two attached hydrogens (primary N) is 1. The van der Waals surface area contributed by atoms with Crippen LogP contribution in [-0.4, -0.2) is 13.2 Å². The molecule has 1 aliphatic carbocycles. The second kappa shape index (κ2) is 5.54. The van der Waals surface area contributed by atoms with Crippen molar-refractivity contribution in [1.29, 1.82) is 0 Å². The fraction of sp³-hybridized carbons (Fsp3) is 0.600. The third-order valence-corrected chi connectivity index (χ3v) is 3.79. The van der Waals surface area contributed by atoms with Gasteiger partial charge >= 0.3 is 0 Å². The number of methoxy groups -OCH3 is 1. The van der Waals surface area contributed by atoms with Crippen LogP contribution in [0.25, 0.3) is 0 Å². The van der Waals surface area contributed by atoms with Crippen LogP contribution < -0.4 is 10.5 Å². The van der Waals surface area contributed by atoms with E-state index in [1.165, 1.54) is 36.8 Å². The van der Waals surface area contributed by atoms with Crippen molar-refractivity contribution < 1.29 is 4.74 Å². The molecule has 0 radical (unpaired) electrons. The van der Waals surface area contributed by atoms with Crippen molar-refractivity contribution in [3.05, 3.63) is 29.3 Å². The molecule has 0 saturated heterocycles. The van der Waals surface area contributed by atoms with Crippen LogP contribution in [-0.2, 0) is 0 Å². The number of aryl methyl sites for hydroxylation is 1. The molecule has 94 valence electrons. The van der Waals surface area contributed by atoms with E-state index in [2.05, 4.69) is 25.1 Å². The van der Waals surface area contributed by atoms with Gasteiger partial charge in [0.05, 0.1) is 7.11 Å². The van der Waals surface area contributed by atoms with Gasteiger partial charge in [-0.2, -0.15) is 0 Å². The molecule has 0 heterocycles. The number of rotatable bonds is 2. The lowest BCUT2D eigenvalue weighted by Gasteiger charge is -2.20. The molecule has 1 saturated carbocycles. The molecule has 0 spiro atoms. The van der Waals surface area contributed by atoms with Gasteiger partial charge in [0.1, 0.15) is 5.75 Å². The van der Waals surface area contributed by atoms with Crippen LogP contribution in [0.5, 0.6) is 5.75 Å². The van der Waals surface area contributed by atoms with Gasteiger partial charge in [-0.3, -0.25) is 0 Å². The van der Waals surface area contributed by atoms with Crippen LogP contribution in [0.2, 0.25) is 0 Å². The Hall–Kier alpha value is -1.02. The van der Waals surface area contributed by atoms with E-state index in [9.17, 15) is 0 Å². The fourth-order valence-electron chi connectivity index (χ4n) is 2.85. The van der Waals surface area contributed by atoms with E-state index in [1.54, 1.807) is 7.11 Å². The molecule has 2 nitrogen and oxygen atoms in total. The molecule has 2 heteroatoms. The van der Waals surface area contributed by atoms with Crippen LogP contribution >= 0.6 is 0 Å². The largest absolute Gasteiger partial charge is 0.496 e. The second-order valence-corrected chi connectivity index (χ2v) is 5.22. The summed E-state index contributed by atoms with van der Waals surface area (Å²) in [5, 5.41) is 0. The number of ether oxygens (including phenoxy) is 1. The first-order valence-corrected chi connectivity index (χ1v) is 6.61. The van der Waals surface area contributed by atoms with Gasteiger partial charge in [-0.25, -0.2) is 0 Å². The molecule has 1 aromatic rings. The zero-order chi connectivity index (χ0) is 12.3. The van der Waals surface area contributed by atoms with Crippen LogP contribution in [0.15, 0.2) is 18.2 Å². The van der Waals surface area contributed by atoms with E-state index in [4.69, 9.17) is 10.5 Å². The summed E-state index contributed by atoms with van der Waals surface area (Å²) in [6, 6.07) is 6.81. The normalized spacial score (nSPS) is 25.4. The van der Waals surface area contributed by atoms with Crippen molar-refractivity contribution in [3.8, 4) is 5.75 Å². The Balaban J connectivity index is 2.27. The van der Waals surface area contributed by atoms with E-state index < -0.39 is 0 Å². The van der Waals surface area contributed by atoms with Gasteiger partial charge in [-0.15, -0.1) is 0 Å². The molecule has 0 aromatic heterocycles. The average Bonchev–Trinajstić information content (AvgIpc) is 2.54. The van der Waals surface area contributed by atoms with Gasteiger partial charge in [0.2, 0.25) is 0 Å². The van der Waals surface area contributed by atoms with Gasteiger partial charge in [-0.05, 0) is 43.7 Å². The highest BCUT2D eigenvalue weighted by Crippen LogP contribution is 2.36. The van der Waals surface area contributed by atoms with Crippen molar-refractivity contribution in [2.24, 2.45) is 5.73 Å². The predicted molar refractivity (Wildman–Crippen MR) is 71.5 cm³/mol. The van der Waals surface area contributed by atoms with Gasteiger partial charge in [0.25, 0.3) is 0 Å². The third kappa shape index (κ3) is 3.01. The van der Waals surface area contributed by atoms with Crippen LogP contribution in [0.1, 0.15) is 49.1 Å². The number of hydrogen-bond acceptors (Lipinski definition) is 2. The Morgan fingerprint density at radius 3 is 2.76 bits per heavy atom. The smallest absolute Gasteiger partial charge is 0.122 e. The molecule has 0 bridgehead atoms. The van der Waals surface area contributed by atoms with Gasteiger partial charge in [0.15, 0.2) is 0 Å². The number of hydrogen-bond donors (Lipinski definition) is 1. The lowest BCUT2D eigenvalue weighted by molar-refractivity contribution is 0.400. The number of benzene rings is 1. The summed E-state index contributed by atoms with van der Waals surface area (Å²) in [7, 11) is 1.75. The maximum Gasteiger partial charge on any atom is 0.122 e. The summed E-state index contributed by atoms with van der Waals surface area (Å²) in [6.07, 6.45) is 6.07. The molecule has 0 aliphatic heterocycles. The van der Waals surface area contributed by atoms with Gasteiger partial charge < -0.3 is 10.5 Å². The highest BCUT2D eigenvalue weighted by Gasteiger charge is 2.21. The first-order chi connectivity index (χ1) is 8.20. The Bertz CT molecular complexity index is 375. The minimum absolute atomic E-state index is 0.354. The summed E-state index contributed by atoms with van der Waals surface area (Å²) >= 11 is 0. The zero-order valence-electron chi connectivity index (χ0n) is 10.9. The molecular weight excluding hydrogens is 210 g/mol. The molecule has 2 rings (SSSR count). The Morgan fingerprint density at radius 1 is 1.24 bits per heavy atom. The van der Waals surface area contributed by atoms with E-state index in [1.807, 2.05) is 0 Å². The Kier molecular flexibility index (Phi) is 4.06. The van der Waals surface area contributed by atoms with E-state index in [0.29, 0.717) is 12.0 Å². The molecule has 17 heavy (non-hydrogen) atoms. The summed E-state index contributed by atoms with van der Waals surface area (Å²) in [6.45, 7) is 2.14. The highest BCUT2D eigenvalue weighted by molar-refractivity contribution is 5.39. The van der Waals surface area contributed by atoms with Crippen LogP contribution in [0.4, 0.5) is 0 Å². The summed E-state index contributed by atoms with van der Waals surface area (Å²) < 4.78 is 5.49. The maximum absolute atomic E-state index is 6.15. The molecule has 0 amide bonds. The second-order valence-electron chi connectivity index (χ2n) is 5.22. The van der Waals surface area contributed by atoms with Crippen molar-refractivity contribution in [1.82, 2.24) is 0 Å². The van der Waals surface area contributed by atoms with Crippen molar-refractivity contribution >= 4 is 0 Å². The molecular formula is C15H23NO. The van der Waals surface area contributed by atoms with Crippen LogP contribution in [0, 0.1) is 6.92 Å². The highest BCUT2D eigenvalue weighted by atomic mass is 16.5. The van der Waals surface area contributed by atoms with Crippen molar-refractivity contribution in [2.75, 3.05) is 7.11 Å². The fourth-order valence-corrected chi connectivity index (χ4v) is 2.85. The molecule has 2 N–H and O–H groups in total. The van der Waals surface area contributed by atoms with Crippen molar-refractivity contribution in [3.63, 3.8) is 0 Å². The zero-order valence-corrected chi connectivity index (χ0v) is 10.9. The quantitative estimate of drug-likeness (QED) is 0.795. The standard InChI is InChI=1S/C15H23NO/c1-11-7-8-15(17-2)14(9-11)12-5-3-4-6-13(16)10-12/h7-9,12-13H,3-6,10,16H2,1-2H3. The molecule has 1 fully saturated rings. The molecule has 1 aliphatic rings. The van der Waals surface area contributed by atoms with E-state index in [0.717, 1.165) is 12.2 Å². The third-order valence-electron chi connectivity index (χ3n) is 3.79. The lowest BCUT2D eigenvalue weighted by Crippen LogP contribution is -2.21. The summed E-state index contributed by atoms with van der Waals surface area (Å²) in [5.41, 5.74) is 8.81. The topological polar surface area (TPSA) is 35.2 Å². The first-order valence-electron chi connectivity index (χ1n) is 6.61. The summed E-state index contributed by atoms with van der Waals surface area (Å²) in [5.74, 6) is 1.59. The lowest BCUT2D eigenvalue weighted by atomic mass is 9.89. The minimum Gasteiger partial charge on any atom is -0.496 e. The maximum atomic E-state index is 6.15. The minimum atomic E-state index is 0.354. The first kappa shape index (κ1) is 12.4. The Morgan fingerprint density at radius 2 is 2.00 bits per heavy atom. The van der Waals surface area contributed by atoms with Crippen LogP contribution in [0.3, 0.4) is 0 Å². The van der Waals surface area contributed by atoms with E-state index >= 15 is 0 Å². The van der Waals surface area contributed by atoms with Gasteiger partial charge in [-0.1, -0.05) is 30.5 Å². The monoisotopic (exact) mass is 233 g/mol.